The average molecular weight is 900 g/mol. The van der Waals surface area contributed by atoms with E-state index in [-0.39, 0.29) is 12.1 Å². The van der Waals surface area contributed by atoms with Crippen molar-refractivity contribution < 1.29 is 0 Å². The second kappa shape index (κ2) is 15.6. The zero-order valence-electron chi connectivity index (χ0n) is 39.3. The molecule has 9 aromatic carbocycles. The van der Waals surface area contributed by atoms with E-state index in [1.54, 1.807) is 6.34 Å². The molecule has 9 aromatic rings. The maximum Gasteiger partial charge on any atom is 0.252 e. The fourth-order valence-corrected chi connectivity index (χ4v) is 12.9. The van der Waals surface area contributed by atoms with Gasteiger partial charge in [0.15, 0.2) is 0 Å². The molecule has 1 N–H and O–H groups in total. The molecule has 1 aliphatic carbocycles. The quantitative estimate of drug-likeness (QED) is 0.169. The molecule has 70 heavy (non-hydrogen) atoms. The molecule has 2 atom stereocenters. The highest BCUT2D eigenvalue weighted by molar-refractivity contribution is 7.00. The number of nitrogens with zero attached hydrogens (tertiary/aromatic N) is 4. The van der Waals surface area contributed by atoms with Gasteiger partial charge in [-0.25, -0.2) is 4.99 Å². The first-order valence-electron chi connectivity index (χ1n) is 24.7. The molecule has 14 rings (SSSR count). The number of anilines is 8. The van der Waals surface area contributed by atoms with Crippen molar-refractivity contribution in [2.75, 3.05) is 21.2 Å². The minimum absolute atomic E-state index is 0.0201. The van der Waals surface area contributed by atoms with Gasteiger partial charge in [-0.15, -0.1) is 0 Å². The third-order valence-corrected chi connectivity index (χ3v) is 16.4. The van der Waals surface area contributed by atoms with Crippen molar-refractivity contribution in [3.05, 3.63) is 241 Å². The number of hydrogen-bond acceptors (Lipinski definition) is 5. The fraction of sp³-hybridized carbons (Fsp3) is 0.109. The Morgan fingerprint density at radius 3 is 1.86 bits per heavy atom. The van der Waals surface area contributed by atoms with E-state index in [0.717, 1.165) is 30.8 Å². The van der Waals surface area contributed by atoms with Gasteiger partial charge in [0.25, 0.3) is 6.71 Å². The smallest absolute Gasteiger partial charge is 0.252 e. The van der Waals surface area contributed by atoms with Crippen molar-refractivity contribution in [1.29, 1.82) is 0 Å². The lowest BCUT2D eigenvalue weighted by Crippen LogP contribution is -2.61. The normalized spacial score (nSPS) is 19.0. The number of benzene rings is 9. The van der Waals surface area contributed by atoms with Gasteiger partial charge in [0.2, 0.25) is 0 Å². The van der Waals surface area contributed by atoms with Gasteiger partial charge in [-0.2, -0.15) is 0 Å². The van der Waals surface area contributed by atoms with Crippen LogP contribution in [0.3, 0.4) is 0 Å². The number of aliphatic imine (C=N–C) groups is 1. The maximum absolute atomic E-state index is 4.53. The monoisotopic (exact) mass is 899 g/mol. The Labute approximate surface area is 410 Å². The second-order valence-corrected chi connectivity index (χ2v) is 19.9. The lowest BCUT2D eigenvalue weighted by molar-refractivity contribution is 0.245. The zero-order chi connectivity index (χ0) is 46.6. The van der Waals surface area contributed by atoms with Crippen molar-refractivity contribution in [3.63, 3.8) is 0 Å². The highest BCUT2D eigenvalue weighted by Gasteiger charge is 2.60. The lowest BCUT2D eigenvalue weighted by Gasteiger charge is -2.52. The van der Waals surface area contributed by atoms with Crippen LogP contribution in [0.4, 0.5) is 45.5 Å². The highest BCUT2D eigenvalue weighted by atomic mass is 15.3. The summed E-state index contributed by atoms with van der Waals surface area (Å²) in [6.45, 7) is 5.79. The molecule has 0 bridgehead atoms. The molecule has 0 amide bonds. The molecule has 0 spiro atoms. The zero-order valence-corrected chi connectivity index (χ0v) is 39.3. The van der Waals surface area contributed by atoms with Crippen LogP contribution in [-0.4, -0.2) is 19.6 Å². The largest absolute Gasteiger partial charge is 0.372 e. The number of para-hydroxylation sites is 2. The van der Waals surface area contributed by atoms with Crippen LogP contribution in [0.1, 0.15) is 42.5 Å². The van der Waals surface area contributed by atoms with Crippen molar-refractivity contribution in [3.8, 4) is 22.3 Å². The highest BCUT2D eigenvalue weighted by Crippen LogP contribution is 2.64. The van der Waals surface area contributed by atoms with E-state index >= 15 is 0 Å². The van der Waals surface area contributed by atoms with E-state index < -0.39 is 5.54 Å². The van der Waals surface area contributed by atoms with Crippen LogP contribution in [0.15, 0.2) is 224 Å². The fourth-order valence-electron chi connectivity index (χ4n) is 12.9. The second-order valence-electron chi connectivity index (χ2n) is 19.9. The summed E-state index contributed by atoms with van der Waals surface area (Å²) in [5.74, 6) is 0. The Morgan fingerprint density at radius 1 is 0.471 bits per heavy atom. The van der Waals surface area contributed by atoms with Crippen LogP contribution in [0.2, 0.25) is 0 Å². The minimum Gasteiger partial charge on any atom is -0.372 e. The third-order valence-electron chi connectivity index (χ3n) is 16.4. The van der Waals surface area contributed by atoms with Crippen LogP contribution >= 0.6 is 0 Å². The average Bonchev–Trinajstić information content (AvgIpc) is 3.64. The standard InChI is InChI=1S/C64H50BN5/c1-63-34-33-45-21-12-13-26-53(45)64(63,2)70(57-32-30-47(36-54(57)63)49-40-66-42-67-41-49)52-38-60-62-61(39-52)69(51-25-16-22-46(35-51)43-17-6-3-7-18-43)59-37-48(44-19-8-4-9-20-44)29-31-56(59)65(62)55-27-14-15-28-58(55)68(60)50-23-10-5-11-24-50/h3-32,35-40,42H,33-34,41H2,1-2H3,(H,66,67). The number of nitrogens with one attached hydrogen (secondary N) is 1. The van der Waals surface area contributed by atoms with Gasteiger partial charge >= 0.3 is 0 Å². The molecule has 0 saturated heterocycles. The SMILES string of the molecule is CC12CCc3ccccc3C1(C)N(c1cc3c4c(c1)N(c1cccc(-c5ccccc5)c1)c1cc(-c5ccccc5)ccc1B4c1ccccc1N3c1ccccc1)c1ccc(C3=CN=CNC3)cc12. The van der Waals surface area contributed by atoms with Gasteiger partial charge < -0.3 is 20.0 Å². The van der Waals surface area contributed by atoms with Crippen molar-refractivity contribution in [2.24, 2.45) is 4.99 Å². The van der Waals surface area contributed by atoms with Crippen LogP contribution in [-0.2, 0) is 17.4 Å². The Balaban J connectivity index is 1.09. The lowest BCUT2D eigenvalue weighted by atomic mass is 9.33. The predicted octanol–water partition coefficient (Wildman–Crippen LogP) is 13.3. The van der Waals surface area contributed by atoms with Gasteiger partial charge in [-0.3, -0.25) is 0 Å². The van der Waals surface area contributed by atoms with E-state index in [0.29, 0.717) is 0 Å². The van der Waals surface area contributed by atoms with Gasteiger partial charge in [-0.1, -0.05) is 159 Å². The predicted molar refractivity (Wildman–Crippen MR) is 294 cm³/mol. The minimum atomic E-state index is -0.435. The molecule has 0 saturated carbocycles. The van der Waals surface area contributed by atoms with Crippen LogP contribution in [0.5, 0.6) is 0 Å². The van der Waals surface area contributed by atoms with E-state index in [2.05, 4.69) is 251 Å². The topological polar surface area (TPSA) is 34.1 Å². The molecule has 0 aromatic heterocycles. The summed E-state index contributed by atoms with van der Waals surface area (Å²) in [4.78, 5) is 12.4. The van der Waals surface area contributed by atoms with Gasteiger partial charge in [-0.05, 0) is 147 Å². The number of fused-ring (bicyclic) bond motifs is 9. The summed E-state index contributed by atoms with van der Waals surface area (Å²) < 4.78 is 0. The molecule has 334 valence electrons. The summed E-state index contributed by atoms with van der Waals surface area (Å²) in [5.41, 5.74) is 24.1. The number of aryl methyl sites for hydroxylation is 1. The van der Waals surface area contributed by atoms with Crippen molar-refractivity contribution in [2.45, 2.75) is 37.6 Å². The van der Waals surface area contributed by atoms with E-state index in [4.69, 9.17) is 0 Å². The molecular formula is C64H50BN5. The van der Waals surface area contributed by atoms with Crippen molar-refractivity contribution in [1.82, 2.24) is 5.32 Å². The molecule has 5 aliphatic rings. The van der Waals surface area contributed by atoms with Gasteiger partial charge in [0.1, 0.15) is 0 Å². The molecule has 2 unspecified atom stereocenters. The Morgan fingerprint density at radius 2 is 1.10 bits per heavy atom. The molecule has 4 aliphatic heterocycles. The summed E-state index contributed by atoms with van der Waals surface area (Å²) in [7, 11) is 0. The van der Waals surface area contributed by atoms with Crippen LogP contribution in [0, 0.1) is 0 Å². The molecular weight excluding hydrogens is 850 g/mol. The van der Waals surface area contributed by atoms with E-state index in [1.807, 2.05) is 6.20 Å². The third kappa shape index (κ3) is 5.89. The van der Waals surface area contributed by atoms with Crippen molar-refractivity contribution >= 4 is 80.5 Å². The molecule has 4 heterocycles. The Kier molecular flexibility index (Phi) is 9.07. The van der Waals surface area contributed by atoms with Gasteiger partial charge in [0, 0.05) is 63.7 Å². The maximum atomic E-state index is 4.53. The van der Waals surface area contributed by atoms with E-state index in [9.17, 15) is 0 Å². The Hall–Kier alpha value is -8.35. The molecule has 0 radical (unpaired) electrons. The first kappa shape index (κ1) is 40.7. The van der Waals surface area contributed by atoms with Gasteiger partial charge in [0.05, 0.1) is 11.9 Å². The summed E-state index contributed by atoms with van der Waals surface area (Å²) in [6, 6.07) is 79.7. The van der Waals surface area contributed by atoms with Crippen LogP contribution < -0.4 is 36.4 Å². The van der Waals surface area contributed by atoms with E-state index in [1.165, 1.54) is 101 Å². The first-order valence-corrected chi connectivity index (χ1v) is 24.7. The summed E-state index contributed by atoms with van der Waals surface area (Å²) in [5, 5.41) is 3.37. The molecule has 6 heteroatoms. The first-order chi connectivity index (χ1) is 34.5. The van der Waals surface area contributed by atoms with Crippen LogP contribution in [0.25, 0.3) is 27.8 Å². The molecule has 5 nitrogen and oxygen atoms in total. The number of rotatable bonds is 6. The summed E-state index contributed by atoms with van der Waals surface area (Å²) in [6.07, 6.45) is 5.86. The summed E-state index contributed by atoms with van der Waals surface area (Å²) >= 11 is 0. The number of hydrogen-bond donors (Lipinski definition) is 1. The Bertz CT molecular complexity index is 3620. The molecule has 0 fully saturated rings.